The van der Waals surface area contributed by atoms with E-state index in [2.05, 4.69) is 5.32 Å². The molecular weight excluding hydrogens is 308 g/mol. The van der Waals surface area contributed by atoms with E-state index < -0.39 is 0 Å². The van der Waals surface area contributed by atoms with Crippen LogP contribution in [-0.4, -0.2) is 41.7 Å². The predicted octanol–water partition coefficient (Wildman–Crippen LogP) is 1.64. The van der Waals surface area contributed by atoms with Gasteiger partial charge in [-0.05, 0) is 23.8 Å². The summed E-state index contributed by atoms with van der Waals surface area (Å²) in [4.78, 5) is 25.0. The van der Waals surface area contributed by atoms with Crippen LogP contribution < -0.4 is 10.1 Å². The molecule has 2 rings (SSSR count). The fourth-order valence-electron chi connectivity index (χ4n) is 1.51. The number of thiocarbonyl (C=S) groups is 1. The molecule has 1 fully saturated rings. The van der Waals surface area contributed by atoms with Crippen molar-refractivity contribution < 1.29 is 14.3 Å². The molecule has 2 amide bonds. The molecule has 0 saturated carbocycles. The van der Waals surface area contributed by atoms with Crippen LogP contribution in [0.2, 0.25) is 0 Å². The van der Waals surface area contributed by atoms with E-state index in [1.165, 1.54) is 16.7 Å². The molecule has 0 aliphatic carbocycles. The summed E-state index contributed by atoms with van der Waals surface area (Å²) in [6.45, 7) is -0.0000356. The van der Waals surface area contributed by atoms with E-state index >= 15 is 0 Å². The lowest BCUT2D eigenvalue weighted by molar-refractivity contribution is -0.130. The number of hydrogen-bond donors (Lipinski definition) is 1. The highest BCUT2D eigenvalue weighted by Crippen LogP contribution is 2.26. The van der Waals surface area contributed by atoms with Gasteiger partial charge in [-0.3, -0.25) is 9.59 Å². The second-order valence-electron chi connectivity index (χ2n) is 4.50. The molecule has 21 heavy (non-hydrogen) atoms. The van der Waals surface area contributed by atoms with Gasteiger partial charge in [0, 0.05) is 14.1 Å². The Bertz CT molecular complexity index is 609. The molecule has 1 heterocycles. The van der Waals surface area contributed by atoms with E-state index in [-0.39, 0.29) is 18.4 Å². The average molecular weight is 322 g/mol. The zero-order valence-corrected chi connectivity index (χ0v) is 13.2. The summed E-state index contributed by atoms with van der Waals surface area (Å²) in [6, 6.07) is 7.14. The second kappa shape index (κ2) is 6.73. The Balaban J connectivity index is 1.99. The molecule has 1 aromatic carbocycles. The number of amides is 2. The molecule has 0 radical (unpaired) electrons. The fourth-order valence-corrected chi connectivity index (χ4v) is 2.55. The highest BCUT2D eigenvalue weighted by Gasteiger charge is 2.21. The van der Waals surface area contributed by atoms with Crippen molar-refractivity contribution in [2.75, 3.05) is 20.7 Å². The molecule has 7 heteroatoms. The zero-order valence-electron chi connectivity index (χ0n) is 11.6. The van der Waals surface area contributed by atoms with Crippen LogP contribution in [0.15, 0.2) is 29.2 Å². The molecule has 0 unspecified atom stereocenters. The Kier molecular flexibility index (Phi) is 4.98. The number of rotatable bonds is 4. The minimum atomic E-state index is -0.179. The summed E-state index contributed by atoms with van der Waals surface area (Å²) in [5.41, 5.74) is 0.864. The van der Waals surface area contributed by atoms with E-state index in [4.69, 9.17) is 17.0 Å². The molecule has 0 aromatic heterocycles. The summed E-state index contributed by atoms with van der Waals surface area (Å²) in [6.07, 6.45) is 1.76. The number of likely N-dealkylation sites (N-methyl/N-ethyl adjacent to an activating group) is 1. The van der Waals surface area contributed by atoms with E-state index in [1.807, 2.05) is 12.1 Å². The van der Waals surface area contributed by atoms with Gasteiger partial charge >= 0.3 is 0 Å². The minimum absolute atomic E-state index is 0.0000356. The summed E-state index contributed by atoms with van der Waals surface area (Å²) in [7, 11) is 3.35. The molecule has 0 spiro atoms. The Labute approximate surface area is 132 Å². The maximum atomic E-state index is 11.5. The maximum Gasteiger partial charge on any atom is 0.263 e. The third kappa shape index (κ3) is 4.30. The van der Waals surface area contributed by atoms with E-state index in [0.29, 0.717) is 15.0 Å². The van der Waals surface area contributed by atoms with Crippen LogP contribution in [0.5, 0.6) is 5.75 Å². The third-order valence-corrected chi connectivity index (χ3v) is 3.84. The predicted molar refractivity (Wildman–Crippen MR) is 86.9 cm³/mol. The van der Waals surface area contributed by atoms with Gasteiger partial charge in [-0.25, -0.2) is 0 Å². The van der Waals surface area contributed by atoms with Crippen LogP contribution in [0.3, 0.4) is 0 Å². The summed E-state index contributed by atoms with van der Waals surface area (Å²) < 4.78 is 5.84. The summed E-state index contributed by atoms with van der Waals surface area (Å²) >= 11 is 6.16. The molecule has 5 nitrogen and oxygen atoms in total. The molecule has 1 N–H and O–H groups in total. The van der Waals surface area contributed by atoms with Crippen LogP contribution in [0.4, 0.5) is 0 Å². The minimum Gasteiger partial charge on any atom is -0.484 e. The van der Waals surface area contributed by atoms with Crippen molar-refractivity contribution in [3.8, 4) is 5.75 Å². The molecule has 0 bridgehead atoms. The normalized spacial score (nSPS) is 16.0. The molecule has 1 aliphatic heterocycles. The van der Waals surface area contributed by atoms with Crippen molar-refractivity contribution in [1.29, 1.82) is 0 Å². The first kappa shape index (κ1) is 15.5. The van der Waals surface area contributed by atoms with Crippen LogP contribution in [0, 0.1) is 0 Å². The van der Waals surface area contributed by atoms with Crippen molar-refractivity contribution in [2.45, 2.75) is 0 Å². The van der Waals surface area contributed by atoms with Gasteiger partial charge in [0.1, 0.15) is 10.1 Å². The zero-order chi connectivity index (χ0) is 15.4. The number of benzene rings is 1. The maximum absolute atomic E-state index is 11.5. The highest BCUT2D eigenvalue weighted by molar-refractivity contribution is 8.26. The molecule has 0 atom stereocenters. The van der Waals surface area contributed by atoms with E-state index in [9.17, 15) is 9.59 Å². The van der Waals surface area contributed by atoms with Crippen LogP contribution >= 0.6 is 24.0 Å². The monoisotopic (exact) mass is 322 g/mol. The first-order valence-electron chi connectivity index (χ1n) is 6.13. The Morgan fingerprint density at radius 3 is 2.57 bits per heavy atom. The number of thioether (sulfide) groups is 1. The summed E-state index contributed by atoms with van der Waals surface area (Å²) in [5.74, 6) is 0.321. The number of nitrogens with one attached hydrogen (secondary N) is 1. The van der Waals surface area contributed by atoms with E-state index in [0.717, 1.165) is 5.56 Å². The number of carbonyl (C=O) groups excluding carboxylic acids is 2. The lowest BCUT2D eigenvalue weighted by Crippen LogP contribution is -2.27. The van der Waals surface area contributed by atoms with Crippen molar-refractivity contribution >= 4 is 46.2 Å². The first-order valence-corrected chi connectivity index (χ1v) is 7.36. The molecule has 1 aliphatic rings. The average Bonchev–Trinajstić information content (AvgIpc) is 2.75. The smallest absolute Gasteiger partial charge is 0.263 e. The number of carbonyl (C=O) groups is 2. The SMILES string of the molecule is CN(C)C(=O)COc1ccc(/C=C2/SC(=S)NC2=O)cc1. The summed E-state index contributed by atoms with van der Waals surface area (Å²) in [5, 5.41) is 2.56. The van der Waals surface area contributed by atoms with Gasteiger partial charge in [-0.1, -0.05) is 36.1 Å². The van der Waals surface area contributed by atoms with Gasteiger partial charge in [0.15, 0.2) is 6.61 Å². The van der Waals surface area contributed by atoms with Crippen LogP contribution in [0.1, 0.15) is 5.56 Å². The van der Waals surface area contributed by atoms with Crippen LogP contribution in [0.25, 0.3) is 6.08 Å². The lowest BCUT2D eigenvalue weighted by Gasteiger charge is -2.11. The van der Waals surface area contributed by atoms with Gasteiger partial charge in [-0.15, -0.1) is 0 Å². The lowest BCUT2D eigenvalue weighted by atomic mass is 10.2. The van der Waals surface area contributed by atoms with E-state index in [1.54, 1.807) is 32.3 Å². The molecular formula is C14H14N2O3S2. The van der Waals surface area contributed by atoms with Crippen molar-refractivity contribution in [2.24, 2.45) is 0 Å². The number of ether oxygens (including phenoxy) is 1. The Hall–Kier alpha value is -1.86. The van der Waals surface area contributed by atoms with Gasteiger partial charge < -0.3 is 15.0 Å². The molecule has 1 saturated heterocycles. The van der Waals surface area contributed by atoms with Crippen molar-refractivity contribution in [3.63, 3.8) is 0 Å². The van der Waals surface area contributed by atoms with Crippen molar-refractivity contribution in [1.82, 2.24) is 10.2 Å². The fraction of sp³-hybridized carbons (Fsp3) is 0.214. The first-order chi connectivity index (χ1) is 9.95. The Morgan fingerprint density at radius 1 is 1.38 bits per heavy atom. The van der Waals surface area contributed by atoms with Gasteiger partial charge in [0.2, 0.25) is 0 Å². The second-order valence-corrected chi connectivity index (χ2v) is 6.22. The highest BCUT2D eigenvalue weighted by atomic mass is 32.2. The largest absolute Gasteiger partial charge is 0.484 e. The molecule has 1 aromatic rings. The van der Waals surface area contributed by atoms with Crippen LogP contribution in [-0.2, 0) is 9.59 Å². The van der Waals surface area contributed by atoms with Gasteiger partial charge in [0.05, 0.1) is 4.91 Å². The van der Waals surface area contributed by atoms with Gasteiger partial charge in [-0.2, -0.15) is 0 Å². The molecule has 110 valence electrons. The Morgan fingerprint density at radius 2 is 2.05 bits per heavy atom. The number of nitrogens with zero attached hydrogens (tertiary/aromatic N) is 1. The standard InChI is InChI=1S/C14H14N2O3S2/c1-16(2)12(17)8-19-10-5-3-9(4-6-10)7-11-13(18)15-14(20)21-11/h3-7H,8H2,1-2H3,(H,15,18,20)/b11-7+. The third-order valence-electron chi connectivity index (χ3n) is 2.68. The van der Waals surface area contributed by atoms with Gasteiger partial charge in [0.25, 0.3) is 11.8 Å². The van der Waals surface area contributed by atoms with Crippen molar-refractivity contribution in [3.05, 3.63) is 34.7 Å². The number of hydrogen-bond acceptors (Lipinski definition) is 5. The quantitative estimate of drug-likeness (QED) is 0.675. The topological polar surface area (TPSA) is 58.6 Å².